The molecule has 50 heavy (non-hydrogen) atoms. The van der Waals surface area contributed by atoms with Crippen LogP contribution in [0.5, 0.6) is 11.5 Å². The number of aliphatic hydroxyl groups excluding tert-OH is 1. The second-order valence-corrected chi connectivity index (χ2v) is 14.9. The number of hydrogen-bond donors (Lipinski definition) is 3. The lowest BCUT2D eigenvalue weighted by atomic mass is 9.97. The van der Waals surface area contributed by atoms with Crippen LogP contribution in [-0.4, -0.2) is 32.3 Å². The van der Waals surface area contributed by atoms with Crippen molar-refractivity contribution < 1.29 is 20.1 Å². The van der Waals surface area contributed by atoms with Crippen LogP contribution < -0.4 is 0 Å². The number of thioether (sulfide) groups is 2. The highest BCUT2D eigenvalue weighted by molar-refractivity contribution is 7.99. The number of ketones is 1. The van der Waals surface area contributed by atoms with Gasteiger partial charge >= 0.3 is 0 Å². The summed E-state index contributed by atoms with van der Waals surface area (Å²) in [6.45, 7) is 2.08. The van der Waals surface area contributed by atoms with Crippen LogP contribution >= 0.6 is 23.5 Å². The fraction of sp³-hybridized carbons (Fsp3) is 0.159. The van der Waals surface area contributed by atoms with Crippen molar-refractivity contribution in [2.24, 2.45) is 5.92 Å². The molecule has 0 heterocycles. The van der Waals surface area contributed by atoms with Gasteiger partial charge < -0.3 is 15.3 Å². The normalized spacial score (nSPS) is 12.4. The van der Waals surface area contributed by atoms with E-state index in [1.54, 1.807) is 11.8 Å². The third kappa shape index (κ3) is 8.88. The van der Waals surface area contributed by atoms with Crippen LogP contribution in [0.3, 0.4) is 0 Å². The molecule has 6 rings (SSSR count). The molecule has 0 aromatic heterocycles. The van der Waals surface area contributed by atoms with Crippen LogP contribution in [0.1, 0.15) is 26.2 Å². The van der Waals surface area contributed by atoms with Gasteiger partial charge in [-0.15, -0.1) is 11.8 Å². The summed E-state index contributed by atoms with van der Waals surface area (Å²) < 4.78 is 0. The Hall–Kier alpha value is -4.75. The smallest absolute Gasteiger partial charge is 0.136 e. The zero-order chi connectivity index (χ0) is 34.9. The first-order chi connectivity index (χ1) is 24.4. The van der Waals surface area contributed by atoms with Crippen molar-refractivity contribution in [1.82, 2.24) is 0 Å². The Balaban J connectivity index is 1.08. The molecule has 0 aliphatic carbocycles. The van der Waals surface area contributed by atoms with Gasteiger partial charge in [0, 0.05) is 44.9 Å². The number of phenols is 2. The molecule has 0 aliphatic heterocycles. The molecule has 0 radical (unpaired) electrons. The molecular weight excluding hydrogens is 657 g/mol. The lowest BCUT2D eigenvalue weighted by Gasteiger charge is -2.17. The number of phenolic OH excluding ortho intramolecular Hbond substituents is 2. The Bertz CT molecular complexity index is 1900. The first-order valence-corrected chi connectivity index (χ1v) is 18.7. The maximum atomic E-state index is 13.1. The summed E-state index contributed by atoms with van der Waals surface area (Å²) in [5, 5.41) is 33.5. The van der Waals surface area contributed by atoms with Crippen molar-refractivity contribution in [3.05, 3.63) is 146 Å². The minimum absolute atomic E-state index is 0.0233. The maximum absolute atomic E-state index is 13.1. The van der Waals surface area contributed by atoms with E-state index in [9.17, 15) is 20.1 Å². The topological polar surface area (TPSA) is 77.8 Å². The second kappa shape index (κ2) is 16.8. The standard InChI is InChI=1S/C44H40O4S2/c1-30(22-23-49-36-26-38(31-14-6-2-7-15-31)43(47)39(27-36)32-16-8-3-9-17-32)24-35(45)25-42(46)50-37-28-40(33-18-10-4-11-19-33)44(48)41(29-37)34-20-12-5-13-21-34/h2-21,26-30,42,46-48H,22-25H2,1H3. The summed E-state index contributed by atoms with van der Waals surface area (Å²) in [5.74, 6) is 1.44. The number of carbonyl (C=O) groups excluding carboxylic acids is 1. The molecule has 2 unspecified atom stereocenters. The molecule has 6 aromatic carbocycles. The van der Waals surface area contributed by atoms with Gasteiger partial charge in [0.15, 0.2) is 0 Å². The molecule has 0 fully saturated rings. The van der Waals surface area contributed by atoms with E-state index >= 15 is 0 Å². The molecule has 2 atom stereocenters. The molecule has 0 spiro atoms. The quantitative estimate of drug-likeness (QED) is 0.0777. The highest BCUT2D eigenvalue weighted by Gasteiger charge is 2.19. The number of carbonyl (C=O) groups is 1. The summed E-state index contributed by atoms with van der Waals surface area (Å²) in [6, 6.07) is 47.1. The summed E-state index contributed by atoms with van der Waals surface area (Å²) >= 11 is 2.96. The summed E-state index contributed by atoms with van der Waals surface area (Å²) in [6.07, 6.45) is 1.27. The van der Waals surface area contributed by atoms with E-state index in [4.69, 9.17) is 0 Å². The zero-order valence-electron chi connectivity index (χ0n) is 27.9. The number of hydrogen-bond acceptors (Lipinski definition) is 6. The van der Waals surface area contributed by atoms with Crippen LogP contribution in [0.4, 0.5) is 0 Å². The van der Waals surface area contributed by atoms with Crippen molar-refractivity contribution in [2.75, 3.05) is 5.75 Å². The van der Waals surface area contributed by atoms with Gasteiger partial charge in [0.05, 0.1) is 0 Å². The number of aliphatic hydroxyl groups is 1. The molecule has 6 heteroatoms. The minimum atomic E-state index is -0.911. The van der Waals surface area contributed by atoms with E-state index in [0.717, 1.165) is 55.3 Å². The van der Waals surface area contributed by atoms with Crippen molar-refractivity contribution in [2.45, 2.75) is 41.4 Å². The lowest BCUT2D eigenvalue weighted by Crippen LogP contribution is -2.13. The van der Waals surface area contributed by atoms with Gasteiger partial charge in [0.1, 0.15) is 22.7 Å². The van der Waals surface area contributed by atoms with Crippen molar-refractivity contribution in [3.63, 3.8) is 0 Å². The molecule has 0 saturated heterocycles. The molecule has 4 nitrogen and oxygen atoms in total. The Kier molecular flexibility index (Phi) is 11.8. The van der Waals surface area contributed by atoms with Gasteiger partial charge in [-0.05, 0) is 64.6 Å². The molecule has 0 bridgehead atoms. The highest BCUT2D eigenvalue weighted by atomic mass is 32.2. The van der Waals surface area contributed by atoms with E-state index in [0.29, 0.717) is 17.5 Å². The number of benzene rings is 6. The largest absolute Gasteiger partial charge is 0.507 e. The molecule has 0 amide bonds. The van der Waals surface area contributed by atoms with E-state index < -0.39 is 5.44 Å². The first kappa shape index (κ1) is 35.1. The summed E-state index contributed by atoms with van der Waals surface area (Å²) in [7, 11) is 0. The first-order valence-electron chi connectivity index (χ1n) is 16.8. The second-order valence-electron chi connectivity index (χ2n) is 12.5. The predicted octanol–water partition coefficient (Wildman–Crippen LogP) is 11.3. The molecule has 3 N–H and O–H groups in total. The van der Waals surface area contributed by atoms with Crippen LogP contribution in [0, 0.1) is 5.92 Å². The van der Waals surface area contributed by atoms with Gasteiger partial charge in [-0.1, -0.05) is 140 Å². The van der Waals surface area contributed by atoms with E-state index in [-0.39, 0.29) is 29.6 Å². The molecular formula is C44H40O4S2. The van der Waals surface area contributed by atoms with Crippen LogP contribution in [-0.2, 0) is 4.79 Å². The number of aromatic hydroxyl groups is 2. The minimum Gasteiger partial charge on any atom is -0.507 e. The van der Waals surface area contributed by atoms with Crippen molar-refractivity contribution in [3.8, 4) is 56.0 Å². The van der Waals surface area contributed by atoms with Gasteiger partial charge in [-0.25, -0.2) is 0 Å². The highest BCUT2D eigenvalue weighted by Crippen LogP contribution is 2.43. The van der Waals surface area contributed by atoms with Gasteiger partial charge in [0.25, 0.3) is 0 Å². The third-order valence-electron chi connectivity index (χ3n) is 8.64. The van der Waals surface area contributed by atoms with Gasteiger partial charge in [-0.2, -0.15) is 0 Å². The average molecular weight is 697 g/mol. The SMILES string of the molecule is CC(CCSc1cc(-c2ccccc2)c(O)c(-c2ccccc2)c1)CC(=O)CC(O)Sc1cc(-c2ccccc2)c(O)c(-c2ccccc2)c1. The third-order valence-corrected chi connectivity index (χ3v) is 10.6. The summed E-state index contributed by atoms with van der Waals surface area (Å²) in [5.41, 5.74) is 5.71. The Morgan fingerprint density at radius 2 is 0.920 bits per heavy atom. The fourth-order valence-electron chi connectivity index (χ4n) is 6.06. The predicted molar refractivity (Wildman–Crippen MR) is 209 cm³/mol. The Morgan fingerprint density at radius 3 is 1.30 bits per heavy atom. The van der Waals surface area contributed by atoms with Crippen LogP contribution in [0.15, 0.2) is 155 Å². The zero-order valence-corrected chi connectivity index (χ0v) is 29.5. The summed E-state index contributed by atoms with van der Waals surface area (Å²) in [4.78, 5) is 15.0. The van der Waals surface area contributed by atoms with E-state index in [1.807, 2.05) is 146 Å². The van der Waals surface area contributed by atoms with E-state index in [2.05, 4.69) is 6.92 Å². The Labute approximate surface area is 302 Å². The lowest BCUT2D eigenvalue weighted by molar-refractivity contribution is -0.120. The van der Waals surface area contributed by atoms with Crippen LogP contribution in [0.25, 0.3) is 44.5 Å². The molecule has 252 valence electrons. The fourth-order valence-corrected chi connectivity index (χ4v) is 8.18. The monoisotopic (exact) mass is 696 g/mol. The van der Waals surface area contributed by atoms with Crippen molar-refractivity contribution >= 4 is 29.3 Å². The molecule has 6 aromatic rings. The Morgan fingerprint density at radius 1 is 0.560 bits per heavy atom. The van der Waals surface area contributed by atoms with Crippen LogP contribution in [0.2, 0.25) is 0 Å². The number of Topliss-reactive ketones (excluding diaryl/α,β-unsaturated/α-hetero) is 1. The molecule has 0 aliphatic rings. The van der Waals surface area contributed by atoms with Gasteiger partial charge in [0.2, 0.25) is 0 Å². The average Bonchev–Trinajstić information content (AvgIpc) is 3.14. The van der Waals surface area contributed by atoms with Crippen molar-refractivity contribution in [1.29, 1.82) is 0 Å². The van der Waals surface area contributed by atoms with Gasteiger partial charge in [-0.3, -0.25) is 4.79 Å². The number of rotatable bonds is 14. The maximum Gasteiger partial charge on any atom is 0.136 e. The van der Waals surface area contributed by atoms with E-state index in [1.165, 1.54) is 11.8 Å². The molecule has 0 saturated carbocycles.